The van der Waals surface area contributed by atoms with E-state index in [1.54, 1.807) is 18.2 Å². The van der Waals surface area contributed by atoms with Crippen molar-refractivity contribution in [2.45, 2.75) is 20.1 Å². The lowest BCUT2D eigenvalue weighted by Crippen LogP contribution is -2.21. The number of benzene rings is 2. The average Bonchev–Trinajstić information content (AvgIpc) is 2.54. The van der Waals surface area contributed by atoms with E-state index in [0.717, 1.165) is 11.1 Å². The Kier molecular flexibility index (Phi) is 7.37. The molecule has 2 N–H and O–H groups in total. The van der Waals surface area contributed by atoms with Crippen LogP contribution in [0.15, 0.2) is 36.4 Å². The van der Waals surface area contributed by atoms with Crippen LogP contribution in [0.4, 0.5) is 0 Å². The number of carboxylic acid groups (broad SMARTS) is 1. The van der Waals surface area contributed by atoms with E-state index in [4.69, 9.17) is 37.8 Å². The third kappa shape index (κ3) is 6.12. The SMILES string of the molecule is CCOc1cc(CNCC(=O)O)cc(Cl)c1OCc1cccc(Cl)c1. The number of hydrogen-bond donors (Lipinski definition) is 2. The van der Waals surface area contributed by atoms with E-state index in [2.05, 4.69) is 5.32 Å². The van der Waals surface area contributed by atoms with Crippen LogP contribution in [0.3, 0.4) is 0 Å². The molecule has 0 aliphatic carbocycles. The molecule has 25 heavy (non-hydrogen) atoms. The number of ether oxygens (including phenoxy) is 2. The summed E-state index contributed by atoms with van der Waals surface area (Å²) in [7, 11) is 0. The molecule has 0 saturated carbocycles. The Morgan fingerprint density at radius 1 is 1.16 bits per heavy atom. The first-order valence-electron chi connectivity index (χ1n) is 7.74. The second-order valence-electron chi connectivity index (χ2n) is 5.25. The number of carboxylic acids is 1. The van der Waals surface area contributed by atoms with E-state index >= 15 is 0 Å². The van der Waals surface area contributed by atoms with Crippen LogP contribution in [0, 0.1) is 0 Å². The molecule has 0 aliphatic rings. The topological polar surface area (TPSA) is 67.8 Å². The van der Waals surface area contributed by atoms with Gasteiger partial charge >= 0.3 is 5.97 Å². The number of rotatable bonds is 9. The monoisotopic (exact) mass is 383 g/mol. The van der Waals surface area contributed by atoms with Crippen molar-refractivity contribution in [1.29, 1.82) is 0 Å². The van der Waals surface area contributed by atoms with Gasteiger partial charge in [0.25, 0.3) is 0 Å². The predicted molar refractivity (Wildman–Crippen MR) is 97.7 cm³/mol. The van der Waals surface area contributed by atoms with E-state index < -0.39 is 5.97 Å². The van der Waals surface area contributed by atoms with Crippen LogP contribution in [-0.2, 0) is 17.9 Å². The summed E-state index contributed by atoms with van der Waals surface area (Å²) in [6, 6.07) is 10.9. The van der Waals surface area contributed by atoms with Gasteiger partial charge in [-0.3, -0.25) is 4.79 Å². The van der Waals surface area contributed by atoms with Gasteiger partial charge in [0.2, 0.25) is 0 Å². The van der Waals surface area contributed by atoms with Gasteiger partial charge in [-0.15, -0.1) is 0 Å². The molecule has 0 aliphatic heterocycles. The lowest BCUT2D eigenvalue weighted by atomic mass is 10.2. The highest BCUT2D eigenvalue weighted by atomic mass is 35.5. The molecule has 134 valence electrons. The van der Waals surface area contributed by atoms with Crippen LogP contribution in [0.25, 0.3) is 0 Å². The highest BCUT2D eigenvalue weighted by Gasteiger charge is 2.13. The number of nitrogens with one attached hydrogen (secondary N) is 1. The highest BCUT2D eigenvalue weighted by molar-refractivity contribution is 6.32. The van der Waals surface area contributed by atoms with E-state index in [9.17, 15) is 4.79 Å². The Labute approximate surface area is 156 Å². The fourth-order valence-corrected chi connectivity index (χ4v) is 2.72. The van der Waals surface area contributed by atoms with Crippen molar-refractivity contribution in [2.75, 3.05) is 13.2 Å². The number of halogens is 2. The minimum absolute atomic E-state index is 0.130. The summed E-state index contributed by atoms with van der Waals surface area (Å²) in [5.74, 6) is 0.0484. The maximum Gasteiger partial charge on any atom is 0.317 e. The molecule has 2 rings (SSSR count). The predicted octanol–water partition coefficient (Wildman–Crippen LogP) is 4.15. The standard InChI is InChI=1S/C18H19Cl2NO4/c1-2-24-16-8-13(9-21-10-17(22)23)7-15(20)18(16)25-11-12-4-3-5-14(19)6-12/h3-8,21H,2,9-11H2,1H3,(H,22,23). The summed E-state index contributed by atoms with van der Waals surface area (Å²) >= 11 is 12.3. The average molecular weight is 384 g/mol. The summed E-state index contributed by atoms with van der Waals surface area (Å²) < 4.78 is 11.4. The van der Waals surface area contributed by atoms with Crippen molar-refractivity contribution in [3.63, 3.8) is 0 Å². The molecule has 0 radical (unpaired) electrons. The third-order valence-electron chi connectivity index (χ3n) is 3.25. The maximum absolute atomic E-state index is 10.6. The van der Waals surface area contributed by atoms with Crippen LogP contribution in [0.5, 0.6) is 11.5 Å². The number of carbonyl (C=O) groups is 1. The summed E-state index contributed by atoms with van der Waals surface area (Å²) in [5, 5.41) is 12.5. The van der Waals surface area contributed by atoms with Crippen LogP contribution >= 0.6 is 23.2 Å². The van der Waals surface area contributed by atoms with E-state index in [-0.39, 0.29) is 6.54 Å². The summed E-state index contributed by atoms with van der Waals surface area (Å²) in [5.41, 5.74) is 1.73. The minimum atomic E-state index is -0.919. The largest absolute Gasteiger partial charge is 0.490 e. The molecule has 0 heterocycles. The molecule has 0 fully saturated rings. The fourth-order valence-electron chi connectivity index (χ4n) is 2.22. The van der Waals surface area contributed by atoms with Gasteiger partial charge in [0.1, 0.15) is 6.61 Å². The van der Waals surface area contributed by atoms with Gasteiger partial charge in [-0.1, -0.05) is 35.3 Å². The highest BCUT2D eigenvalue weighted by Crippen LogP contribution is 2.37. The van der Waals surface area contributed by atoms with Gasteiger partial charge in [-0.2, -0.15) is 0 Å². The zero-order valence-electron chi connectivity index (χ0n) is 13.7. The molecule has 2 aromatic carbocycles. The molecular weight excluding hydrogens is 365 g/mol. The van der Waals surface area contributed by atoms with Crippen LogP contribution in [0.2, 0.25) is 10.0 Å². The first-order chi connectivity index (χ1) is 12.0. The Morgan fingerprint density at radius 2 is 1.96 bits per heavy atom. The second-order valence-corrected chi connectivity index (χ2v) is 6.10. The first kappa shape index (κ1) is 19.4. The van der Waals surface area contributed by atoms with Crippen molar-refractivity contribution < 1.29 is 19.4 Å². The normalized spacial score (nSPS) is 10.5. The van der Waals surface area contributed by atoms with Gasteiger partial charge in [0.05, 0.1) is 18.2 Å². The van der Waals surface area contributed by atoms with Crippen molar-refractivity contribution in [3.05, 3.63) is 57.6 Å². The lowest BCUT2D eigenvalue weighted by Gasteiger charge is -2.15. The Morgan fingerprint density at radius 3 is 2.64 bits per heavy atom. The molecule has 0 saturated heterocycles. The number of hydrogen-bond acceptors (Lipinski definition) is 4. The maximum atomic E-state index is 10.6. The molecule has 5 nitrogen and oxygen atoms in total. The fraction of sp³-hybridized carbons (Fsp3) is 0.278. The summed E-state index contributed by atoms with van der Waals surface area (Å²) in [6.45, 7) is 2.85. The van der Waals surface area contributed by atoms with Gasteiger partial charge < -0.3 is 19.9 Å². The molecule has 2 aromatic rings. The van der Waals surface area contributed by atoms with Crippen molar-refractivity contribution in [3.8, 4) is 11.5 Å². The molecular formula is C18H19Cl2NO4. The zero-order chi connectivity index (χ0) is 18.2. The zero-order valence-corrected chi connectivity index (χ0v) is 15.2. The Balaban J connectivity index is 2.14. The minimum Gasteiger partial charge on any atom is -0.490 e. The summed E-state index contributed by atoms with van der Waals surface area (Å²) in [6.07, 6.45) is 0. The van der Waals surface area contributed by atoms with Crippen molar-refractivity contribution >= 4 is 29.2 Å². The van der Waals surface area contributed by atoms with E-state index in [1.807, 2.05) is 25.1 Å². The van der Waals surface area contributed by atoms with Crippen molar-refractivity contribution in [2.24, 2.45) is 0 Å². The van der Waals surface area contributed by atoms with Crippen LogP contribution in [0.1, 0.15) is 18.1 Å². The van der Waals surface area contributed by atoms with Gasteiger partial charge in [0, 0.05) is 11.6 Å². The van der Waals surface area contributed by atoms with Crippen LogP contribution < -0.4 is 14.8 Å². The lowest BCUT2D eigenvalue weighted by molar-refractivity contribution is -0.135. The molecule has 7 heteroatoms. The van der Waals surface area contributed by atoms with Gasteiger partial charge in [-0.25, -0.2) is 0 Å². The molecule has 0 unspecified atom stereocenters. The summed E-state index contributed by atoms with van der Waals surface area (Å²) in [4.78, 5) is 10.6. The van der Waals surface area contributed by atoms with Crippen LogP contribution in [-0.4, -0.2) is 24.2 Å². The van der Waals surface area contributed by atoms with Gasteiger partial charge in [-0.05, 0) is 42.3 Å². The van der Waals surface area contributed by atoms with E-state index in [0.29, 0.717) is 41.3 Å². The molecule has 0 spiro atoms. The Bertz CT molecular complexity index is 737. The quantitative estimate of drug-likeness (QED) is 0.680. The smallest absolute Gasteiger partial charge is 0.317 e. The van der Waals surface area contributed by atoms with Crippen molar-refractivity contribution in [1.82, 2.24) is 5.32 Å². The number of aliphatic carboxylic acids is 1. The molecule has 0 bridgehead atoms. The molecule has 0 aromatic heterocycles. The molecule has 0 amide bonds. The molecule has 0 atom stereocenters. The van der Waals surface area contributed by atoms with Gasteiger partial charge in [0.15, 0.2) is 11.5 Å². The Hall–Kier alpha value is -1.95. The third-order valence-corrected chi connectivity index (χ3v) is 3.76. The second kappa shape index (κ2) is 9.51. The van der Waals surface area contributed by atoms with E-state index in [1.165, 1.54) is 0 Å². The first-order valence-corrected chi connectivity index (χ1v) is 8.50.